The van der Waals surface area contributed by atoms with E-state index in [4.69, 9.17) is 5.11 Å². The largest absolute Gasteiger partial charge is 0.479 e. The maximum absolute atomic E-state index is 11.8. The molecule has 9 nitrogen and oxygen atoms in total. The average molecular weight is 254 g/mol. The third-order valence-corrected chi connectivity index (χ3v) is 2.61. The lowest BCUT2D eigenvalue weighted by Gasteiger charge is -2.00. The van der Waals surface area contributed by atoms with Gasteiger partial charge in [0.25, 0.3) is 5.56 Å². The van der Waals surface area contributed by atoms with Crippen LogP contribution in [0, 0.1) is 0 Å². The molecular weight excluding hydrogens is 244 g/mol. The van der Waals surface area contributed by atoms with Crippen molar-refractivity contribution in [1.29, 1.82) is 0 Å². The minimum absolute atomic E-state index is 0.00148. The molecule has 9 heteroatoms. The summed E-state index contributed by atoms with van der Waals surface area (Å²) in [5.41, 5.74) is -1.26. The maximum atomic E-state index is 11.8. The van der Waals surface area contributed by atoms with Gasteiger partial charge in [-0.2, -0.15) is 0 Å². The zero-order chi connectivity index (χ0) is 13.6. The molecule has 3 N–H and O–H groups in total. The van der Waals surface area contributed by atoms with Crippen molar-refractivity contribution in [1.82, 2.24) is 19.1 Å². The van der Waals surface area contributed by atoms with Crippen molar-refractivity contribution >= 4 is 17.1 Å². The van der Waals surface area contributed by atoms with Crippen LogP contribution in [0.1, 0.15) is 11.9 Å². The number of aryl methyl sites for hydroxylation is 1. The first kappa shape index (κ1) is 12.0. The number of H-pyrrole nitrogens is 1. The van der Waals surface area contributed by atoms with Crippen molar-refractivity contribution in [2.75, 3.05) is 0 Å². The minimum atomic E-state index is -1.88. The molecule has 0 saturated heterocycles. The van der Waals surface area contributed by atoms with Gasteiger partial charge < -0.3 is 15.2 Å². The van der Waals surface area contributed by atoms with E-state index < -0.39 is 23.3 Å². The number of hydrogen-bond donors (Lipinski definition) is 3. The van der Waals surface area contributed by atoms with Gasteiger partial charge in [0.1, 0.15) is 11.3 Å². The van der Waals surface area contributed by atoms with E-state index in [0.29, 0.717) is 0 Å². The lowest BCUT2D eigenvalue weighted by molar-refractivity contribution is -0.147. The zero-order valence-corrected chi connectivity index (χ0v) is 9.54. The summed E-state index contributed by atoms with van der Waals surface area (Å²) in [5.74, 6) is -1.80. The Kier molecular flexibility index (Phi) is 2.55. The zero-order valence-electron chi connectivity index (χ0n) is 9.54. The Morgan fingerprint density at radius 3 is 2.50 bits per heavy atom. The molecule has 1 atom stereocenters. The van der Waals surface area contributed by atoms with Crippen LogP contribution >= 0.6 is 0 Å². The Morgan fingerprint density at radius 2 is 1.94 bits per heavy atom. The van der Waals surface area contributed by atoms with Gasteiger partial charge in [0.15, 0.2) is 5.65 Å². The molecule has 0 amide bonds. The number of aliphatic hydroxyl groups excluding tert-OH is 1. The van der Waals surface area contributed by atoms with Crippen LogP contribution in [-0.2, 0) is 18.9 Å². The molecule has 1 unspecified atom stereocenters. The highest BCUT2D eigenvalue weighted by Gasteiger charge is 2.22. The molecule has 18 heavy (non-hydrogen) atoms. The Bertz CT molecular complexity index is 753. The smallest absolute Gasteiger partial charge is 0.340 e. The summed E-state index contributed by atoms with van der Waals surface area (Å²) in [6.07, 6.45) is -1.88. The number of aliphatic carboxylic acids is 1. The van der Waals surface area contributed by atoms with Gasteiger partial charge >= 0.3 is 11.7 Å². The van der Waals surface area contributed by atoms with Gasteiger partial charge in [0.05, 0.1) is 0 Å². The molecule has 0 saturated carbocycles. The Hall–Kier alpha value is -2.42. The highest BCUT2D eigenvalue weighted by Crippen LogP contribution is 2.12. The lowest BCUT2D eigenvalue weighted by atomic mass is 10.3. The van der Waals surface area contributed by atoms with Crippen molar-refractivity contribution in [3.63, 3.8) is 0 Å². The molecule has 2 rings (SSSR count). The molecule has 2 heterocycles. The van der Waals surface area contributed by atoms with Crippen molar-refractivity contribution in [3.05, 3.63) is 26.7 Å². The molecule has 0 fully saturated rings. The summed E-state index contributed by atoms with van der Waals surface area (Å²) in [6.45, 7) is 0. The van der Waals surface area contributed by atoms with E-state index in [-0.39, 0.29) is 17.0 Å². The van der Waals surface area contributed by atoms with Gasteiger partial charge in [-0.05, 0) is 0 Å². The molecule has 0 aliphatic rings. The maximum Gasteiger partial charge on any atom is 0.340 e. The number of hydrogen-bond acceptors (Lipinski definition) is 5. The van der Waals surface area contributed by atoms with Crippen LogP contribution in [0.5, 0.6) is 0 Å². The molecule has 0 aromatic carbocycles. The number of aromatic nitrogens is 4. The first-order chi connectivity index (χ1) is 8.34. The van der Waals surface area contributed by atoms with E-state index >= 15 is 0 Å². The predicted molar refractivity (Wildman–Crippen MR) is 59.2 cm³/mol. The number of imidazole rings is 1. The molecule has 0 aliphatic carbocycles. The van der Waals surface area contributed by atoms with E-state index in [1.54, 1.807) is 0 Å². The first-order valence-electron chi connectivity index (χ1n) is 4.91. The van der Waals surface area contributed by atoms with Gasteiger partial charge in [0, 0.05) is 14.1 Å². The van der Waals surface area contributed by atoms with E-state index in [2.05, 4.69) is 9.97 Å². The van der Waals surface area contributed by atoms with Crippen LogP contribution < -0.4 is 11.2 Å². The summed E-state index contributed by atoms with van der Waals surface area (Å²) in [6, 6.07) is 0. The first-order valence-corrected chi connectivity index (χ1v) is 4.91. The monoisotopic (exact) mass is 254 g/mol. The lowest BCUT2D eigenvalue weighted by Crippen LogP contribution is -2.36. The fourth-order valence-corrected chi connectivity index (χ4v) is 1.59. The number of aliphatic hydroxyl groups is 1. The predicted octanol–water partition coefficient (Wildman–Crippen LogP) is -1.92. The summed E-state index contributed by atoms with van der Waals surface area (Å²) in [4.78, 5) is 40.2. The summed E-state index contributed by atoms with van der Waals surface area (Å²) in [5, 5.41) is 18.0. The quantitative estimate of drug-likeness (QED) is 0.572. The van der Waals surface area contributed by atoms with E-state index in [1.165, 1.54) is 14.1 Å². The van der Waals surface area contributed by atoms with Crippen molar-refractivity contribution in [2.45, 2.75) is 6.10 Å². The SMILES string of the molecule is Cn1c(=O)c2[nH]c(C(O)C(=O)O)nc2n(C)c1=O. The van der Waals surface area contributed by atoms with Gasteiger partial charge in [0.2, 0.25) is 6.10 Å². The van der Waals surface area contributed by atoms with E-state index in [9.17, 15) is 19.5 Å². The number of carboxylic acid groups (broad SMARTS) is 1. The van der Waals surface area contributed by atoms with E-state index in [1.807, 2.05) is 0 Å². The normalized spacial score (nSPS) is 12.8. The average Bonchev–Trinajstić information content (AvgIpc) is 2.77. The van der Waals surface area contributed by atoms with Crippen molar-refractivity contribution in [3.8, 4) is 0 Å². The fraction of sp³-hybridized carbons (Fsp3) is 0.333. The van der Waals surface area contributed by atoms with Gasteiger partial charge in [-0.15, -0.1) is 0 Å². The summed E-state index contributed by atoms with van der Waals surface area (Å²) < 4.78 is 1.95. The number of nitrogens with one attached hydrogen (secondary N) is 1. The second-order valence-electron chi connectivity index (χ2n) is 3.77. The van der Waals surface area contributed by atoms with Crippen LogP contribution in [0.15, 0.2) is 9.59 Å². The molecule has 96 valence electrons. The second kappa shape index (κ2) is 3.81. The number of rotatable bonds is 2. The van der Waals surface area contributed by atoms with E-state index in [0.717, 1.165) is 9.13 Å². The third-order valence-electron chi connectivity index (χ3n) is 2.61. The van der Waals surface area contributed by atoms with Crippen molar-refractivity contribution < 1.29 is 15.0 Å². The van der Waals surface area contributed by atoms with Crippen LogP contribution in [0.25, 0.3) is 11.2 Å². The topological polar surface area (TPSA) is 130 Å². The summed E-state index contributed by atoms with van der Waals surface area (Å²) >= 11 is 0. The van der Waals surface area contributed by atoms with Gasteiger partial charge in [-0.3, -0.25) is 13.9 Å². The Morgan fingerprint density at radius 1 is 1.33 bits per heavy atom. The molecule has 0 aliphatic heterocycles. The van der Waals surface area contributed by atoms with Crippen LogP contribution in [0.2, 0.25) is 0 Å². The standard InChI is InChI=1S/C9H10N4O5/c1-12-6-3(7(15)13(2)9(12)18)10-5(11-6)4(14)8(16)17/h4,14H,1-2H3,(H,10,11)(H,16,17). The number of nitrogens with zero attached hydrogens (tertiary/aromatic N) is 3. The Labute approximate surface area is 98.9 Å². The number of aromatic amines is 1. The fourth-order valence-electron chi connectivity index (χ4n) is 1.59. The minimum Gasteiger partial charge on any atom is -0.479 e. The van der Waals surface area contributed by atoms with Crippen LogP contribution in [-0.4, -0.2) is 35.3 Å². The third kappa shape index (κ3) is 1.52. The highest BCUT2D eigenvalue weighted by molar-refractivity contribution is 5.76. The second-order valence-corrected chi connectivity index (χ2v) is 3.77. The molecule has 0 radical (unpaired) electrons. The number of fused-ring (bicyclic) bond motifs is 1. The van der Waals surface area contributed by atoms with Gasteiger partial charge in [-0.25, -0.2) is 14.6 Å². The number of carboxylic acids is 1. The Balaban J connectivity index is 2.85. The molecule has 0 spiro atoms. The van der Waals surface area contributed by atoms with Gasteiger partial charge in [-0.1, -0.05) is 0 Å². The highest BCUT2D eigenvalue weighted by atomic mass is 16.4. The van der Waals surface area contributed by atoms with Crippen molar-refractivity contribution in [2.24, 2.45) is 14.1 Å². The van der Waals surface area contributed by atoms with Crippen LogP contribution in [0.4, 0.5) is 0 Å². The molecule has 2 aromatic heterocycles. The number of carbonyl (C=O) groups is 1. The van der Waals surface area contributed by atoms with Crippen LogP contribution in [0.3, 0.4) is 0 Å². The molecule has 0 bridgehead atoms. The molecule has 2 aromatic rings. The summed E-state index contributed by atoms with van der Waals surface area (Å²) in [7, 11) is 2.68. The molecular formula is C9H10N4O5.